The molecule has 0 saturated heterocycles. The molecule has 3 aromatic carbocycles. The Hall–Kier alpha value is -3.64. The average molecular weight is 458 g/mol. The lowest BCUT2D eigenvalue weighted by Crippen LogP contribution is -2.22. The van der Waals surface area contributed by atoms with Crippen LogP contribution in [0, 0.1) is 0 Å². The lowest BCUT2D eigenvalue weighted by molar-refractivity contribution is -0.115. The fourth-order valence-electron chi connectivity index (χ4n) is 4.13. The average Bonchev–Trinajstić information content (AvgIpc) is 3.17. The molecule has 6 heteroatoms. The van der Waals surface area contributed by atoms with E-state index in [2.05, 4.69) is 22.8 Å². The number of carbonyl (C=O) groups is 1. The zero-order valence-electron chi connectivity index (χ0n) is 19.9. The molecule has 1 aliphatic rings. The third-order valence-electron chi connectivity index (χ3n) is 5.74. The van der Waals surface area contributed by atoms with Crippen molar-refractivity contribution >= 4 is 23.0 Å². The van der Waals surface area contributed by atoms with E-state index in [4.69, 9.17) is 14.5 Å². The van der Waals surface area contributed by atoms with Gasteiger partial charge in [-0.25, -0.2) is 0 Å². The maximum atomic E-state index is 13.3. The van der Waals surface area contributed by atoms with Crippen LogP contribution >= 0.6 is 0 Å². The van der Waals surface area contributed by atoms with Crippen LogP contribution in [-0.4, -0.2) is 38.4 Å². The molecule has 0 fully saturated rings. The molecule has 1 heterocycles. The molecule has 0 spiro atoms. The van der Waals surface area contributed by atoms with E-state index < -0.39 is 5.92 Å². The van der Waals surface area contributed by atoms with Gasteiger partial charge in [0.15, 0.2) is 11.5 Å². The van der Waals surface area contributed by atoms with E-state index >= 15 is 0 Å². The molecule has 1 atom stereocenters. The van der Waals surface area contributed by atoms with Gasteiger partial charge in [-0.2, -0.15) is 0 Å². The summed E-state index contributed by atoms with van der Waals surface area (Å²) < 4.78 is 11.6. The van der Waals surface area contributed by atoms with E-state index in [0.717, 1.165) is 35.5 Å². The lowest BCUT2D eigenvalue weighted by Gasteiger charge is -2.16. The van der Waals surface area contributed by atoms with Crippen molar-refractivity contribution in [2.75, 3.05) is 32.1 Å². The molecule has 1 unspecified atom stereocenters. The molecule has 0 bridgehead atoms. The van der Waals surface area contributed by atoms with E-state index in [9.17, 15) is 4.79 Å². The highest BCUT2D eigenvalue weighted by molar-refractivity contribution is 6.24. The summed E-state index contributed by atoms with van der Waals surface area (Å²) in [5.41, 5.74) is 5.22. The van der Waals surface area contributed by atoms with E-state index in [1.165, 1.54) is 5.56 Å². The van der Waals surface area contributed by atoms with Crippen LogP contribution in [0.25, 0.3) is 0 Å². The molecule has 2 N–H and O–H groups in total. The Morgan fingerprint density at radius 3 is 2.29 bits per heavy atom. The monoisotopic (exact) mass is 457 g/mol. The van der Waals surface area contributed by atoms with Crippen LogP contribution in [0.1, 0.15) is 36.5 Å². The van der Waals surface area contributed by atoms with Crippen molar-refractivity contribution in [1.82, 2.24) is 5.32 Å². The Morgan fingerprint density at radius 1 is 0.971 bits per heavy atom. The Balaban J connectivity index is 1.78. The van der Waals surface area contributed by atoms with Gasteiger partial charge in [0.25, 0.3) is 0 Å². The third-order valence-corrected chi connectivity index (χ3v) is 5.74. The number of nitrogens with zero attached hydrogens (tertiary/aromatic N) is 1. The molecule has 1 amide bonds. The Bertz CT molecular complexity index is 1160. The van der Waals surface area contributed by atoms with E-state index in [-0.39, 0.29) is 5.91 Å². The number of rotatable bonds is 10. The van der Waals surface area contributed by atoms with Crippen molar-refractivity contribution in [1.29, 1.82) is 0 Å². The number of ether oxygens (including phenoxy) is 2. The van der Waals surface area contributed by atoms with Gasteiger partial charge in [0, 0.05) is 11.8 Å². The molecular weight excluding hydrogens is 426 g/mol. The topological polar surface area (TPSA) is 72.0 Å². The summed E-state index contributed by atoms with van der Waals surface area (Å²) in [5.74, 6) is 0.584. The van der Waals surface area contributed by atoms with Crippen molar-refractivity contribution < 1.29 is 14.3 Å². The summed E-state index contributed by atoms with van der Waals surface area (Å²) in [7, 11) is 1.95. The van der Waals surface area contributed by atoms with Crippen molar-refractivity contribution in [3.8, 4) is 11.5 Å². The normalized spacial score (nSPS) is 15.1. The fourth-order valence-corrected chi connectivity index (χ4v) is 4.13. The summed E-state index contributed by atoms with van der Waals surface area (Å²) >= 11 is 0. The van der Waals surface area contributed by atoms with Gasteiger partial charge in [-0.3, -0.25) is 9.79 Å². The van der Waals surface area contributed by atoms with Gasteiger partial charge in [-0.05, 0) is 68.8 Å². The number of anilines is 1. The number of amides is 1. The predicted molar refractivity (Wildman–Crippen MR) is 137 cm³/mol. The summed E-state index contributed by atoms with van der Waals surface area (Å²) in [4.78, 5) is 18.3. The highest BCUT2D eigenvalue weighted by Gasteiger charge is 2.36. The number of hydrogen-bond acceptors (Lipinski definition) is 5. The maximum absolute atomic E-state index is 13.3. The van der Waals surface area contributed by atoms with Gasteiger partial charge in [-0.15, -0.1) is 0 Å². The Kier molecular flexibility index (Phi) is 7.60. The van der Waals surface area contributed by atoms with Crippen LogP contribution in [0.3, 0.4) is 0 Å². The number of benzene rings is 3. The largest absolute Gasteiger partial charge is 0.490 e. The van der Waals surface area contributed by atoms with E-state index in [0.29, 0.717) is 30.4 Å². The number of nitrogens with one attached hydrogen (secondary N) is 2. The van der Waals surface area contributed by atoms with Gasteiger partial charge in [-0.1, -0.05) is 42.5 Å². The van der Waals surface area contributed by atoms with Gasteiger partial charge < -0.3 is 20.1 Å². The van der Waals surface area contributed by atoms with Crippen LogP contribution in [-0.2, 0) is 11.2 Å². The molecule has 4 rings (SSSR count). The second-order valence-corrected chi connectivity index (χ2v) is 8.06. The summed E-state index contributed by atoms with van der Waals surface area (Å²) in [5, 5.41) is 6.19. The first-order chi connectivity index (χ1) is 16.6. The minimum absolute atomic E-state index is 0.112. The molecule has 0 aromatic heterocycles. The van der Waals surface area contributed by atoms with Crippen LogP contribution in [0.2, 0.25) is 0 Å². The molecule has 1 aliphatic heterocycles. The smallest absolute Gasteiger partial charge is 0.238 e. The second-order valence-electron chi connectivity index (χ2n) is 8.06. The van der Waals surface area contributed by atoms with Crippen LogP contribution in [0.5, 0.6) is 11.5 Å². The molecule has 6 nitrogen and oxygen atoms in total. The Morgan fingerprint density at radius 2 is 1.65 bits per heavy atom. The number of carbonyl (C=O) groups excluding carboxylic acids is 1. The van der Waals surface area contributed by atoms with E-state index in [1.54, 1.807) is 0 Å². The van der Waals surface area contributed by atoms with Crippen LogP contribution in [0.4, 0.5) is 11.4 Å². The first-order valence-electron chi connectivity index (χ1n) is 11.8. The molecule has 3 aromatic rings. The zero-order valence-corrected chi connectivity index (χ0v) is 19.9. The minimum atomic E-state index is -0.559. The molecular formula is C28H31N3O3. The molecule has 0 saturated carbocycles. The molecule has 0 aliphatic carbocycles. The standard InChI is InChI=1S/C28H31N3O3/c1-4-33-24-17-22-23(18-25(24)34-5-2)31-28(32)26(22)27(20-9-7-6-8-10-20)30-21-13-11-19(12-14-21)15-16-29-3/h6-14,17-18,26,29H,4-5,15-16H2,1-3H3,(H,31,32). The van der Waals surface area contributed by atoms with Gasteiger partial charge in [0.05, 0.1) is 24.6 Å². The summed E-state index contributed by atoms with van der Waals surface area (Å²) in [6, 6.07) is 21.8. The quantitative estimate of drug-likeness (QED) is 0.416. The van der Waals surface area contributed by atoms with Crippen molar-refractivity contribution in [2.24, 2.45) is 4.99 Å². The maximum Gasteiger partial charge on any atom is 0.238 e. The molecule has 176 valence electrons. The number of fused-ring (bicyclic) bond motifs is 1. The predicted octanol–water partition coefficient (Wildman–Crippen LogP) is 5.10. The SMILES string of the molecule is CCOc1cc2c(cc1OCC)C(C(=Nc1ccc(CCNC)cc1)c1ccccc1)C(=O)N2. The van der Waals surface area contributed by atoms with Crippen molar-refractivity contribution in [2.45, 2.75) is 26.2 Å². The zero-order chi connectivity index (χ0) is 23.9. The van der Waals surface area contributed by atoms with Crippen LogP contribution < -0.4 is 20.1 Å². The number of likely N-dealkylation sites (N-methyl/N-ethyl adjacent to an activating group) is 1. The van der Waals surface area contributed by atoms with Gasteiger partial charge in [0.2, 0.25) is 5.91 Å². The Labute approximate surface area is 201 Å². The van der Waals surface area contributed by atoms with Crippen molar-refractivity contribution in [3.63, 3.8) is 0 Å². The van der Waals surface area contributed by atoms with E-state index in [1.807, 2.05) is 75.5 Å². The van der Waals surface area contributed by atoms with Gasteiger partial charge >= 0.3 is 0 Å². The first kappa shape index (κ1) is 23.5. The number of hydrogen-bond donors (Lipinski definition) is 2. The summed E-state index contributed by atoms with van der Waals surface area (Å²) in [6.45, 7) is 5.79. The fraction of sp³-hybridized carbons (Fsp3) is 0.286. The molecule has 34 heavy (non-hydrogen) atoms. The second kappa shape index (κ2) is 11.0. The highest BCUT2D eigenvalue weighted by atomic mass is 16.5. The van der Waals surface area contributed by atoms with Gasteiger partial charge in [0.1, 0.15) is 5.92 Å². The molecule has 0 radical (unpaired) electrons. The minimum Gasteiger partial charge on any atom is -0.490 e. The number of aliphatic imine (C=N–C) groups is 1. The third kappa shape index (κ3) is 5.13. The van der Waals surface area contributed by atoms with Crippen LogP contribution in [0.15, 0.2) is 71.7 Å². The lowest BCUT2D eigenvalue weighted by atomic mass is 9.90. The van der Waals surface area contributed by atoms with Crippen molar-refractivity contribution in [3.05, 3.63) is 83.4 Å². The summed E-state index contributed by atoms with van der Waals surface area (Å²) in [6.07, 6.45) is 0.951. The highest BCUT2D eigenvalue weighted by Crippen LogP contribution is 2.43. The first-order valence-corrected chi connectivity index (χ1v) is 11.8.